The Kier molecular flexibility index (Phi) is 5.26. The van der Waals surface area contributed by atoms with Gasteiger partial charge in [0.15, 0.2) is 0 Å². The zero-order valence-electron chi connectivity index (χ0n) is 10.8. The Morgan fingerprint density at radius 1 is 1.44 bits per heavy atom. The normalized spacial score (nSPS) is 11.1. The average Bonchev–Trinajstić information content (AvgIpc) is 2.69. The molecule has 0 saturated carbocycles. The van der Waals surface area contributed by atoms with E-state index in [9.17, 15) is 4.79 Å². The van der Waals surface area contributed by atoms with E-state index in [2.05, 4.69) is 20.3 Å². The first-order chi connectivity index (χ1) is 8.42. The molecule has 0 atom stereocenters. The molecule has 102 valence electrons. The monoisotopic (exact) mass is 275 g/mol. The molecule has 1 N–H and O–H groups in total. The van der Waals surface area contributed by atoms with Gasteiger partial charge < -0.3 is 14.8 Å². The lowest BCUT2D eigenvalue weighted by molar-refractivity contribution is 0.0531. The van der Waals surface area contributed by atoms with Crippen molar-refractivity contribution in [2.45, 2.75) is 31.4 Å². The zero-order chi connectivity index (χ0) is 13.6. The minimum Gasteiger partial charge on any atom is -0.477 e. The molecule has 0 radical (unpaired) electrons. The van der Waals surface area contributed by atoms with Crippen LogP contribution in [0.4, 0.5) is 4.79 Å². The third-order valence-corrected chi connectivity index (χ3v) is 2.56. The van der Waals surface area contributed by atoms with Crippen LogP contribution in [0, 0.1) is 0 Å². The molecule has 1 heterocycles. The van der Waals surface area contributed by atoms with Crippen LogP contribution in [0.25, 0.3) is 0 Å². The molecule has 0 fully saturated rings. The minimum atomic E-state index is -0.490. The van der Waals surface area contributed by atoms with E-state index in [1.54, 1.807) is 0 Å². The Balaban J connectivity index is 2.21. The van der Waals surface area contributed by atoms with E-state index >= 15 is 0 Å². The molecular formula is C10H17N3O4S. The summed E-state index contributed by atoms with van der Waals surface area (Å²) in [5, 5.41) is 10.4. The number of thioether (sulfide) groups is 1. The fraction of sp³-hybridized carbons (Fsp3) is 0.700. The van der Waals surface area contributed by atoms with Crippen molar-refractivity contribution < 1.29 is 18.9 Å². The number of hydrogen-bond acceptors (Lipinski definition) is 7. The third-order valence-electron chi connectivity index (χ3n) is 1.63. The lowest BCUT2D eigenvalue weighted by atomic mass is 10.2. The number of amides is 1. The van der Waals surface area contributed by atoms with E-state index in [4.69, 9.17) is 9.47 Å². The van der Waals surface area contributed by atoms with Crippen molar-refractivity contribution in [3.05, 3.63) is 0 Å². The molecule has 1 aromatic rings. The number of ether oxygens (including phenoxy) is 2. The number of aromatic nitrogens is 2. The summed E-state index contributed by atoms with van der Waals surface area (Å²) in [7, 11) is 1.49. The van der Waals surface area contributed by atoms with Crippen LogP contribution >= 0.6 is 11.8 Å². The van der Waals surface area contributed by atoms with Crippen molar-refractivity contribution in [1.82, 2.24) is 15.6 Å². The van der Waals surface area contributed by atoms with Gasteiger partial charge in [0.2, 0.25) is 5.03 Å². The Bertz CT molecular complexity index is 389. The fourth-order valence-corrected chi connectivity index (χ4v) is 1.73. The van der Waals surface area contributed by atoms with Crippen molar-refractivity contribution in [2.24, 2.45) is 0 Å². The van der Waals surface area contributed by atoms with Gasteiger partial charge in [-0.3, -0.25) is 0 Å². The Morgan fingerprint density at radius 3 is 2.78 bits per heavy atom. The van der Waals surface area contributed by atoms with Crippen LogP contribution in [0.15, 0.2) is 9.65 Å². The Hall–Kier alpha value is -1.44. The first kappa shape index (κ1) is 14.6. The van der Waals surface area contributed by atoms with Gasteiger partial charge in [0.05, 0.1) is 7.11 Å². The number of nitrogens with one attached hydrogen (secondary N) is 1. The predicted molar refractivity (Wildman–Crippen MR) is 65.8 cm³/mol. The summed E-state index contributed by atoms with van der Waals surface area (Å²) < 4.78 is 14.5. The van der Waals surface area contributed by atoms with E-state index < -0.39 is 11.7 Å². The van der Waals surface area contributed by atoms with E-state index in [1.165, 1.54) is 18.9 Å². The van der Waals surface area contributed by atoms with Crippen molar-refractivity contribution in [3.8, 4) is 5.88 Å². The van der Waals surface area contributed by atoms with E-state index in [1.807, 2.05) is 20.8 Å². The number of nitrogens with zero attached hydrogens (tertiary/aromatic N) is 2. The first-order valence-electron chi connectivity index (χ1n) is 5.38. The molecule has 1 rings (SSSR count). The van der Waals surface area contributed by atoms with E-state index in [-0.39, 0.29) is 0 Å². The molecule has 0 aliphatic carbocycles. The highest BCUT2D eigenvalue weighted by atomic mass is 32.2. The van der Waals surface area contributed by atoms with Gasteiger partial charge in [0.1, 0.15) is 5.60 Å². The number of rotatable bonds is 5. The SMILES string of the molecule is COc1nonc1SCCNC(=O)OC(C)(C)C. The summed E-state index contributed by atoms with van der Waals surface area (Å²) in [4.78, 5) is 11.3. The highest BCUT2D eigenvalue weighted by molar-refractivity contribution is 7.99. The van der Waals surface area contributed by atoms with Crippen LogP contribution in [0.3, 0.4) is 0 Å². The molecular weight excluding hydrogens is 258 g/mol. The molecule has 0 unspecified atom stereocenters. The zero-order valence-corrected chi connectivity index (χ0v) is 11.7. The van der Waals surface area contributed by atoms with Gasteiger partial charge in [-0.25, -0.2) is 9.42 Å². The van der Waals surface area contributed by atoms with E-state index in [0.29, 0.717) is 23.2 Å². The molecule has 8 heteroatoms. The summed E-state index contributed by atoms with van der Waals surface area (Å²) in [6.45, 7) is 5.89. The van der Waals surface area contributed by atoms with Crippen LogP contribution in [-0.4, -0.2) is 41.4 Å². The van der Waals surface area contributed by atoms with Gasteiger partial charge in [0, 0.05) is 12.3 Å². The van der Waals surface area contributed by atoms with Crippen molar-refractivity contribution in [1.29, 1.82) is 0 Å². The number of alkyl carbamates (subject to hydrolysis) is 1. The molecule has 0 aromatic carbocycles. The number of carbonyl (C=O) groups excluding carboxylic acids is 1. The second kappa shape index (κ2) is 6.48. The van der Waals surface area contributed by atoms with Gasteiger partial charge in [-0.05, 0) is 31.1 Å². The molecule has 1 aromatic heterocycles. The highest BCUT2D eigenvalue weighted by Crippen LogP contribution is 2.24. The summed E-state index contributed by atoms with van der Waals surface area (Å²) in [6.07, 6.45) is -0.437. The summed E-state index contributed by atoms with van der Waals surface area (Å²) in [5.74, 6) is 0.960. The Labute approximate surface area is 110 Å². The van der Waals surface area contributed by atoms with Gasteiger partial charge >= 0.3 is 6.09 Å². The van der Waals surface area contributed by atoms with Crippen molar-refractivity contribution in [3.63, 3.8) is 0 Å². The van der Waals surface area contributed by atoms with Crippen LogP contribution in [-0.2, 0) is 4.74 Å². The fourth-order valence-electron chi connectivity index (χ4n) is 1.00. The second-order valence-corrected chi connectivity index (χ2v) is 5.44. The third kappa shape index (κ3) is 5.26. The van der Waals surface area contributed by atoms with Gasteiger partial charge in [-0.1, -0.05) is 11.8 Å². The molecule has 7 nitrogen and oxygen atoms in total. The van der Waals surface area contributed by atoms with Gasteiger partial charge in [0.25, 0.3) is 5.88 Å². The lowest BCUT2D eigenvalue weighted by Crippen LogP contribution is -2.33. The summed E-state index contributed by atoms with van der Waals surface area (Å²) in [5.41, 5.74) is -0.490. The second-order valence-electron chi connectivity index (χ2n) is 4.36. The number of carbonyl (C=O) groups is 1. The molecule has 1 amide bonds. The summed E-state index contributed by atoms with van der Waals surface area (Å²) in [6, 6.07) is 0. The van der Waals surface area contributed by atoms with Crippen LogP contribution < -0.4 is 10.1 Å². The predicted octanol–water partition coefficient (Wildman–Crippen LogP) is 1.70. The molecule has 18 heavy (non-hydrogen) atoms. The summed E-state index contributed by atoms with van der Waals surface area (Å²) >= 11 is 1.38. The molecule has 0 bridgehead atoms. The average molecular weight is 275 g/mol. The molecule has 0 saturated heterocycles. The standard InChI is InChI=1S/C10H17N3O4S/c1-10(2,3)16-9(14)11-5-6-18-8-7(15-4)12-17-13-8/h5-6H2,1-4H3,(H,11,14). The maximum atomic E-state index is 11.3. The topological polar surface area (TPSA) is 86.5 Å². The Morgan fingerprint density at radius 2 is 2.17 bits per heavy atom. The molecule has 0 aliphatic rings. The first-order valence-corrected chi connectivity index (χ1v) is 6.37. The maximum absolute atomic E-state index is 11.3. The van der Waals surface area contributed by atoms with Gasteiger partial charge in [-0.15, -0.1) is 0 Å². The highest BCUT2D eigenvalue weighted by Gasteiger charge is 2.16. The largest absolute Gasteiger partial charge is 0.477 e. The maximum Gasteiger partial charge on any atom is 0.407 e. The van der Waals surface area contributed by atoms with Crippen molar-refractivity contribution >= 4 is 17.9 Å². The van der Waals surface area contributed by atoms with Crippen LogP contribution in [0.5, 0.6) is 5.88 Å². The molecule has 0 aliphatic heterocycles. The van der Waals surface area contributed by atoms with Crippen LogP contribution in [0.1, 0.15) is 20.8 Å². The van der Waals surface area contributed by atoms with Gasteiger partial charge in [-0.2, -0.15) is 0 Å². The molecule has 0 spiro atoms. The van der Waals surface area contributed by atoms with E-state index in [0.717, 1.165) is 0 Å². The quantitative estimate of drug-likeness (QED) is 0.646. The minimum absolute atomic E-state index is 0.345. The van der Waals surface area contributed by atoms with Crippen molar-refractivity contribution in [2.75, 3.05) is 19.4 Å². The number of hydrogen-bond donors (Lipinski definition) is 1. The van der Waals surface area contributed by atoms with Crippen LogP contribution in [0.2, 0.25) is 0 Å². The smallest absolute Gasteiger partial charge is 0.407 e. The lowest BCUT2D eigenvalue weighted by Gasteiger charge is -2.19. The number of methoxy groups -OCH3 is 1.